The van der Waals surface area contributed by atoms with Crippen molar-refractivity contribution in [3.05, 3.63) is 72.8 Å². The Hall–Kier alpha value is -2.29. The van der Waals surface area contributed by atoms with Gasteiger partial charge in [0.15, 0.2) is 0 Å². The molecule has 0 saturated heterocycles. The average molecular weight is 398 g/mol. The molecule has 1 amide bonds. The van der Waals surface area contributed by atoms with Gasteiger partial charge in [-0.3, -0.25) is 4.79 Å². The molecule has 0 aliphatic rings. The summed E-state index contributed by atoms with van der Waals surface area (Å²) in [4.78, 5) is 13.8. The third-order valence-corrected chi connectivity index (χ3v) is 4.64. The van der Waals surface area contributed by atoms with Gasteiger partial charge < -0.3 is 9.32 Å². The van der Waals surface area contributed by atoms with Crippen LogP contribution in [0.15, 0.2) is 71.6 Å². The summed E-state index contributed by atoms with van der Waals surface area (Å²) in [5.41, 5.74) is 1.03. The van der Waals surface area contributed by atoms with Crippen LogP contribution in [0.2, 0.25) is 0 Å². The van der Waals surface area contributed by atoms with Crippen LogP contribution < -0.4 is 0 Å². The molecule has 1 aromatic heterocycles. The highest BCUT2D eigenvalue weighted by Crippen LogP contribution is 2.07. The van der Waals surface area contributed by atoms with Gasteiger partial charge in [-0.05, 0) is 51.0 Å². The molecule has 160 valence electrons. The molecule has 0 atom stereocenters. The molecule has 3 heteroatoms. The molecule has 0 aliphatic carbocycles. The van der Waals surface area contributed by atoms with Crippen molar-refractivity contribution < 1.29 is 9.21 Å². The van der Waals surface area contributed by atoms with E-state index < -0.39 is 0 Å². The molecule has 0 fully saturated rings. The molecular formula is C26H39NO2. The highest BCUT2D eigenvalue weighted by atomic mass is 16.3. The molecule has 3 nitrogen and oxygen atoms in total. The Bertz CT molecular complexity index is 623. The minimum absolute atomic E-state index is 0.182. The van der Waals surface area contributed by atoms with Crippen LogP contribution in [0.5, 0.6) is 0 Å². The fourth-order valence-electron chi connectivity index (χ4n) is 2.87. The van der Waals surface area contributed by atoms with Crippen molar-refractivity contribution in [2.24, 2.45) is 0 Å². The first-order valence-corrected chi connectivity index (χ1v) is 11.1. The van der Waals surface area contributed by atoms with E-state index in [1.165, 1.54) is 25.7 Å². The van der Waals surface area contributed by atoms with Crippen LogP contribution in [-0.4, -0.2) is 17.9 Å². The molecule has 0 unspecified atom stereocenters. The first-order chi connectivity index (χ1) is 14.2. The fraction of sp³-hybridized carbons (Fsp3) is 0.500. The molecule has 0 spiro atoms. The molecule has 1 aromatic rings. The maximum Gasteiger partial charge on any atom is 0.222 e. The van der Waals surface area contributed by atoms with Gasteiger partial charge in [0.05, 0.1) is 12.5 Å². The molecule has 0 saturated carbocycles. The summed E-state index contributed by atoms with van der Waals surface area (Å²) in [6, 6.07) is 1.89. The third kappa shape index (κ3) is 14.4. The van der Waals surface area contributed by atoms with Gasteiger partial charge in [0, 0.05) is 25.6 Å². The predicted octanol–water partition coefficient (Wildman–Crippen LogP) is 7.38. The topological polar surface area (TPSA) is 33.5 Å². The zero-order chi connectivity index (χ0) is 21.0. The maximum atomic E-state index is 12.1. The number of hydrogen-bond donors (Lipinski definition) is 0. The largest absolute Gasteiger partial charge is 0.472 e. The third-order valence-electron chi connectivity index (χ3n) is 4.64. The lowest BCUT2D eigenvalue weighted by atomic mass is 10.2. The van der Waals surface area contributed by atoms with Crippen molar-refractivity contribution in [1.29, 1.82) is 0 Å². The second-order valence-electron chi connectivity index (χ2n) is 7.36. The molecule has 0 bridgehead atoms. The lowest BCUT2D eigenvalue weighted by molar-refractivity contribution is -0.130. The molecule has 0 aliphatic heterocycles. The van der Waals surface area contributed by atoms with Crippen molar-refractivity contribution >= 4 is 5.91 Å². The van der Waals surface area contributed by atoms with Crippen LogP contribution in [-0.2, 0) is 11.3 Å². The molecule has 0 N–H and O–H groups in total. The smallest absolute Gasteiger partial charge is 0.222 e. The van der Waals surface area contributed by atoms with E-state index >= 15 is 0 Å². The Morgan fingerprint density at radius 3 is 2.03 bits per heavy atom. The summed E-state index contributed by atoms with van der Waals surface area (Å²) in [6.07, 6.45) is 31.7. The number of unbranched alkanes of at least 4 members (excludes halogenated alkanes) is 4. The lowest BCUT2D eigenvalue weighted by Crippen LogP contribution is -2.25. The van der Waals surface area contributed by atoms with Crippen LogP contribution >= 0.6 is 0 Å². The Balaban J connectivity index is 1.97. The van der Waals surface area contributed by atoms with Crippen LogP contribution in [0.4, 0.5) is 0 Å². The second kappa shape index (κ2) is 17.8. The summed E-state index contributed by atoms with van der Waals surface area (Å²) in [7, 11) is 1.84. The van der Waals surface area contributed by atoms with Crippen molar-refractivity contribution in [1.82, 2.24) is 4.90 Å². The van der Waals surface area contributed by atoms with Gasteiger partial charge in [0.1, 0.15) is 0 Å². The number of furan rings is 1. The van der Waals surface area contributed by atoms with E-state index in [1.807, 2.05) is 13.1 Å². The Morgan fingerprint density at radius 1 is 0.897 bits per heavy atom. The van der Waals surface area contributed by atoms with Gasteiger partial charge in [-0.1, -0.05) is 68.4 Å². The number of hydrogen-bond acceptors (Lipinski definition) is 2. The summed E-state index contributed by atoms with van der Waals surface area (Å²) in [6.45, 7) is 2.85. The second-order valence-corrected chi connectivity index (χ2v) is 7.36. The lowest BCUT2D eigenvalue weighted by Gasteiger charge is -2.15. The Labute approximate surface area is 177 Å². The fourth-order valence-corrected chi connectivity index (χ4v) is 2.87. The monoisotopic (exact) mass is 397 g/mol. The highest BCUT2D eigenvalue weighted by molar-refractivity contribution is 5.75. The highest BCUT2D eigenvalue weighted by Gasteiger charge is 2.08. The number of allylic oxidation sites excluding steroid dienone is 8. The van der Waals surface area contributed by atoms with Crippen LogP contribution in [0.1, 0.15) is 76.7 Å². The van der Waals surface area contributed by atoms with Crippen LogP contribution in [0, 0.1) is 0 Å². The molecule has 0 radical (unpaired) electrons. The minimum Gasteiger partial charge on any atom is -0.472 e. The normalized spacial score (nSPS) is 12.2. The van der Waals surface area contributed by atoms with Gasteiger partial charge in [-0.15, -0.1) is 0 Å². The average Bonchev–Trinajstić information content (AvgIpc) is 3.23. The minimum atomic E-state index is 0.182. The van der Waals surface area contributed by atoms with Gasteiger partial charge in [0.25, 0.3) is 0 Å². The van der Waals surface area contributed by atoms with E-state index in [9.17, 15) is 4.79 Å². The van der Waals surface area contributed by atoms with Gasteiger partial charge in [0.2, 0.25) is 5.91 Å². The molecule has 1 heterocycles. The summed E-state index contributed by atoms with van der Waals surface area (Å²) in [5.74, 6) is 0.182. The first-order valence-electron chi connectivity index (χ1n) is 11.1. The predicted molar refractivity (Wildman–Crippen MR) is 124 cm³/mol. The molecular weight excluding hydrogens is 358 g/mol. The zero-order valence-electron chi connectivity index (χ0n) is 18.4. The van der Waals surface area contributed by atoms with Gasteiger partial charge >= 0.3 is 0 Å². The molecule has 1 rings (SSSR count). The van der Waals surface area contributed by atoms with Crippen molar-refractivity contribution in [2.75, 3.05) is 7.05 Å². The van der Waals surface area contributed by atoms with E-state index in [0.29, 0.717) is 13.0 Å². The van der Waals surface area contributed by atoms with E-state index in [0.717, 1.165) is 37.7 Å². The maximum absolute atomic E-state index is 12.1. The number of amides is 1. The van der Waals surface area contributed by atoms with Crippen LogP contribution in [0.3, 0.4) is 0 Å². The number of nitrogens with zero attached hydrogens (tertiary/aromatic N) is 1. The zero-order valence-corrected chi connectivity index (χ0v) is 18.4. The summed E-state index contributed by atoms with van der Waals surface area (Å²) in [5, 5.41) is 0. The van der Waals surface area contributed by atoms with E-state index in [1.54, 1.807) is 17.4 Å². The number of rotatable bonds is 16. The Kier molecular flexibility index (Phi) is 15.2. The van der Waals surface area contributed by atoms with E-state index in [-0.39, 0.29) is 5.91 Å². The van der Waals surface area contributed by atoms with E-state index in [2.05, 4.69) is 55.5 Å². The standard InChI is InChI=1S/C26H39NO2/c1-3-4-5-6-7-8-9-10-11-12-13-14-15-16-17-18-19-20-26(28)27(2)23-25-21-22-29-24-25/h7-8,10-11,13-14,16-17,21-22,24H,3-6,9,12,15,18-20,23H2,1-2H3/b8-7-,11-10-,14-13-,17-16-. The number of carbonyl (C=O) groups is 1. The Morgan fingerprint density at radius 2 is 1.48 bits per heavy atom. The molecule has 0 aromatic carbocycles. The quantitative estimate of drug-likeness (QED) is 0.215. The van der Waals surface area contributed by atoms with Crippen molar-refractivity contribution in [3.63, 3.8) is 0 Å². The molecule has 29 heavy (non-hydrogen) atoms. The van der Waals surface area contributed by atoms with Crippen molar-refractivity contribution in [3.8, 4) is 0 Å². The van der Waals surface area contributed by atoms with Gasteiger partial charge in [-0.2, -0.15) is 0 Å². The SMILES string of the molecule is CCCCC/C=C\C/C=C\C/C=C\C/C=C\CCCC(=O)N(C)Cc1ccoc1. The van der Waals surface area contributed by atoms with Crippen molar-refractivity contribution in [2.45, 2.75) is 77.7 Å². The van der Waals surface area contributed by atoms with Crippen LogP contribution in [0.25, 0.3) is 0 Å². The van der Waals surface area contributed by atoms with E-state index in [4.69, 9.17) is 4.42 Å². The summed E-state index contributed by atoms with van der Waals surface area (Å²) >= 11 is 0. The number of carbonyl (C=O) groups excluding carboxylic acids is 1. The summed E-state index contributed by atoms with van der Waals surface area (Å²) < 4.78 is 5.03. The first kappa shape index (κ1) is 24.7. The van der Waals surface area contributed by atoms with Gasteiger partial charge in [-0.25, -0.2) is 0 Å².